The van der Waals surface area contributed by atoms with E-state index in [1.54, 1.807) is 11.3 Å². The van der Waals surface area contributed by atoms with Gasteiger partial charge in [0.05, 0.1) is 6.04 Å². The number of nitrogens with one attached hydrogen (secondary N) is 2. The molecule has 2 aromatic carbocycles. The zero-order chi connectivity index (χ0) is 17.9. The van der Waals surface area contributed by atoms with Crippen LogP contribution in [-0.4, -0.2) is 10.8 Å². The molecule has 0 saturated carbocycles. The van der Waals surface area contributed by atoms with Crippen LogP contribution in [0, 0.1) is 0 Å². The van der Waals surface area contributed by atoms with E-state index in [9.17, 15) is 4.79 Å². The first-order valence-corrected chi connectivity index (χ1v) is 9.57. The van der Waals surface area contributed by atoms with Crippen molar-refractivity contribution in [1.29, 1.82) is 0 Å². The second-order valence-corrected chi connectivity index (χ2v) is 7.34. The highest BCUT2D eigenvalue weighted by Gasteiger charge is 2.26. The van der Waals surface area contributed by atoms with Gasteiger partial charge in [-0.05, 0) is 30.0 Å². The van der Waals surface area contributed by atoms with Gasteiger partial charge in [-0.25, -0.2) is 0 Å². The molecular weight excluding hydrogens is 340 g/mol. The number of thiophene rings is 1. The van der Waals surface area contributed by atoms with Crippen molar-refractivity contribution < 1.29 is 4.79 Å². The summed E-state index contributed by atoms with van der Waals surface area (Å²) < 4.78 is 0. The molecule has 4 rings (SSSR count). The fourth-order valence-corrected chi connectivity index (χ4v) is 4.01. The molecule has 26 heavy (non-hydrogen) atoms. The number of Topliss-reactive ketones (excluding diaryl/α,β-unsaturated/α-hetero) is 1. The molecule has 0 radical (unpaired) electrons. The average molecular weight is 360 g/mol. The predicted molar refractivity (Wildman–Crippen MR) is 108 cm³/mol. The molecule has 2 N–H and O–H groups in total. The molecule has 0 aliphatic rings. The van der Waals surface area contributed by atoms with Crippen molar-refractivity contribution in [3.05, 3.63) is 94.3 Å². The number of aromatic amines is 1. The molecule has 0 fully saturated rings. The summed E-state index contributed by atoms with van der Waals surface area (Å²) in [5.74, 6) is 0.0806. The van der Waals surface area contributed by atoms with Crippen LogP contribution in [0.5, 0.6) is 0 Å². The van der Waals surface area contributed by atoms with E-state index in [1.807, 2.05) is 66.9 Å². The lowest BCUT2D eigenvalue weighted by molar-refractivity contribution is 0.0938. The number of para-hydroxylation sites is 1. The minimum Gasteiger partial charge on any atom is -0.360 e. The Hall–Kier alpha value is -2.69. The lowest BCUT2D eigenvalue weighted by Crippen LogP contribution is -2.30. The molecule has 0 aliphatic heterocycles. The van der Waals surface area contributed by atoms with Crippen LogP contribution in [0.2, 0.25) is 0 Å². The number of carbonyl (C=O) groups is 1. The molecule has 0 spiro atoms. The van der Waals surface area contributed by atoms with Crippen molar-refractivity contribution in [2.75, 3.05) is 0 Å². The number of fused-ring (bicyclic) bond motifs is 1. The van der Waals surface area contributed by atoms with Crippen LogP contribution in [-0.2, 0) is 0 Å². The van der Waals surface area contributed by atoms with Crippen molar-refractivity contribution in [3.8, 4) is 0 Å². The van der Waals surface area contributed by atoms with E-state index >= 15 is 0 Å². The molecule has 2 aromatic heterocycles. The Bertz CT molecular complexity index is 1010. The number of H-pyrrole nitrogens is 1. The molecule has 0 saturated heterocycles. The Morgan fingerprint density at radius 2 is 1.77 bits per heavy atom. The lowest BCUT2D eigenvalue weighted by Gasteiger charge is -2.22. The Morgan fingerprint density at radius 1 is 1.00 bits per heavy atom. The third kappa shape index (κ3) is 3.21. The number of benzene rings is 2. The van der Waals surface area contributed by atoms with Gasteiger partial charge in [-0.1, -0.05) is 54.6 Å². The largest absolute Gasteiger partial charge is 0.360 e. The van der Waals surface area contributed by atoms with E-state index in [1.165, 1.54) is 4.88 Å². The van der Waals surface area contributed by atoms with E-state index in [0.29, 0.717) is 0 Å². The van der Waals surface area contributed by atoms with E-state index in [-0.39, 0.29) is 11.8 Å². The lowest BCUT2D eigenvalue weighted by atomic mass is 9.96. The van der Waals surface area contributed by atoms with Crippen LogP contribution in [0.15, 0.2) is 78.3 Å². The molecule has 3 nitrogen and oxygen atoms in total. The van der Waals surface area contributed by atoms with Gasteiger partial charge in [0.2, 0.25) is 0 Å². The van der Waals surface area contributed by atoms with E-state index in [2.05, 4.69) is 28.7 Å². The van der Waals surface area contributed by atoms with Crippen LogP contribution < -0.4 is 5.32 Å². The highest BCUT2D eigenvalue weighted by Crippen LogP contribution is 2.28. The Balaban J connectivity index is 1.71. The Morgan fingerprint density at radius 3 is 2.54 bits per heavy atom. The second-order valence-electron chi connectivity index (χ2n) is 6.36. The van der Waals surface area contributed by atoms with Gasteiger partial charge in [0.1, 0.15) is 0 Å². The first-order chi connectivity index (χ1) is 12.7. The predicted octanol–water partition coefficient (Wildman–Crippen LogP) is 5.50. The number of hydrogen-bond donors (Lipinski definition) is 2. The average Bonchev–Trinajstić information content (AvgIpc) is 3.36. The highest BCUT2D eigenvalue weighted by molar-refractivity contribution is 7.10. The normalized spacial score (nSPS) is 13.6. The molecule has 2 atom stereocenters. The second kappa shape index (κ2) is 7.28. The van der Waals surface area contributed by atoms with E-state index in [4.69, 9.17) is 0 Å². The minimum absolute atomic E-state index is 0.0806. The molecular formula is C22H20N2OS. The maximum atomic E-state index is 13.4. The summed E-state index contributed by atoms with van der Waals surface area (Å²) in [7, 11) is 0. The zero-order valence-electron chi connectivity index (χ0n) is 14.5. The Labute approximate surface area is 156 Å². The minimum atomic E-state index is -0.396. The van der Waals surface area contributed by atoms with Crippen LogP contribution in [0.1, 0.15) is 39.8 Å². The summed E-state index contributed by atoms with van der Waals surface area (Å²) in [6.07, 6.45) is 1.82. The third-order valence-electron chi connectivity index (χ3n) is 4.64. The van der Waals surface area contributed by atoms with Crippen LogP contribution in [0.4, 0.5) is 0 Å². The monoisotopic (exact) mass is 360 g/mol. The van der Waals surface area contributed by atoms with Gasteiger partial charge in [0.25, 0.3) is 0 Å². The molecule has 0 unspecified atom stereocenters. The van der Waals surface area contributed by atoms with Crippen LogP contribution in [0.25, 0.3) is 10.9 Å². The quantitative estimate of drug-likeness (QED) is 0.446. The van der Waals surface area contributed by atoms with Gasteiger partial charge in [-0.2, -0.15) is 0 Å². The summed E-state index contributed by atoms with van der Waals surface area (Å²) in [4.78, 5) is 17.9. The molecule has 2 heterocycles. The van der Waals surface area contributed by atoms with Gasteiger partial charge in [-0.15, -0.1) is 11.3 Å². The van der Waals surface area contributed by atoms with Gasteiger partial charge >= 0.3 is 0 Å². The van der Waals surface area contributed by atoms with Crippen LogP contribution in [0.3, 0.4) is 0 Å². The maximum absolute atomic E-state index is 13.4. The molecule has 0 bridgehead atoms. The molecule has 4 aromatic rings. The van der Waals surface area contributed by atoms with Crippen LogP contribution >= 0.6 is 11.3 Å². The van der Waals surface area contributed by atoms with Crippen molar-refractivity contribution in [2.24, 2.45) is 0 Å². The number of aromatic nitrogens is 1. The summed E-state index contributed by atoms with van der Waals surface area (Å²) >= 11 is 1.70. The molecule has 0 aliphatic carbocycles. The number of ketones is 1. The number of carbonyl (C=O) groups excluding carboxylic acids is 1. The summed E-state index contributed by atoms with van der Waals surface area (Å²) in [6.45, 7) is 2.10. The van der Waals surface area contributed by atoms with E-state index < -0.39 is 6.04 Å². The van der Waals surface area contributed by atoms with Crippen molar-refractivity contribution in [2.45, 2.75) is 19.0 Å². The molecule has 4 heteroatoms. The highest BCUT2D eigenvalue weighted by atomic mass is 32.1. The molecule has 130 valence electrons. The topological polar surface area (TPSA) is 44.9 Å². The summed E-state index contributed by atoms with van der Waals surface area (Å²) in [5.41, 5.74) is 2.68. The van der Waals surface area contributed by atoms with Crippen molar-refractivity contribution in [1.82, 2.24) is 10.3 Å². The fraction of sp³-hybridized carbons (Fsp3) is 0.136. The molecule has 0 amide bonds. The van der Waals surface area contributed by atoms with Crippen molar-refractivity contribution >= 4 is 28.0 Å². The first-order valence-electron chi connectivity index (χ1n) is 8.69. The van der Waals surface area contributed by atoms with Gasteiger partial charge in [0, 0.05) is 33.6 Å². The number of rotatable bonds is 6. The fourth-order valence-electron chi connectivity index (χ4n) is 3.27. The zero-order valence-corrected chi connectivity index (χ0v) is 15.3. The number of hydrogen-bond acceptors (Lipinski definition) is 3. The smallest absolute Gasteiger partial charge is 0.186 e. The Kier molecular flexibility index (Phi) is 4.69. The third-order valence-corrected chi connectivity index (χ3v) is 5.69. The standard InChI is InChI=1S/C22H20N2OS/c1-15(20-12-7-13-26-20)24-21(16-8-3-2-4-9-16)22(25)18-14-23-19-11-6-5-10-17(18)19/h2-15,21,23-24H,1H3/t15-,21-/m1/s1. The summed E-state index contributed by atoms with van der Waals surface area (Å²) in [6, 6.07) is 21.7. The maximum Gasteiger partial charge on any atom is 0.186 e. The first kappa shape index (κ1) is 16.8. The van der Waals surface area contributed by atoms with Gasteiger partial charge in [0.15, 0.2) is 5.78 Å². The van der Waals surface area contributed by atoms with E-state index in [0.717, 1.165) is 22.0 Å². The SMILES string of the molecule is C[C@@H](N[C@@H](C(=O)c1c[nH]c2ccccc12)c1ccccc1)c1cccs1. The van der Waals surface area contributed by atoms with Gasteiger partial charge < -0.3 is 4.98 Å². The van der Waals surface area contributed by atoms with Crippen molar-refractivity contribution in [3.63, 3.8) is 0 Å². The summed E-state index contributed by atoms with van der Waals surface area (Å²) in [5, 5.41) is 6.56. The van der Waals surface area contributed by atoms with Gasteiger partial charge in [-0.3, -0.25) is 10.1 Å².